The van der Waals surface area contributed by atoms with Gasteiger partial charge in [-0.05, 0) is 57.1 Å². The summed E-state index contributed by atoms with van der Waals surface area (Å²) in [6.45, 7) is 4.26. The minimum Gasteiger partial charge on any atom is -0.299 e. The Kier molecular flexibility index (Phi) is 3.91. The quantitative estimate of drug-likeness (QED) is 0.818. The smallest absolute Gasteiger partial charge is 0.139 e. The van der Waals surface area contributed by atoms with Gasteiger partial charge in [-0.3, -0.25) is 9.78 Å². The summed E-state index contributed by atoms with van der Waals surface area (Å²) in [5.41, 5.74) is 2.33. The molecule has 20 heavy (non-hydrogen) atoms. The van der Waals surface area contributed by atoms with Crippen molar-refractivity contribution in [3.05, 3.63) is 29.6 Å². The zero-order valence-corrected chi connectivity index (χ0v) is 12.6. The van der Waals surface area contributed by atoms with Gasteiger partial charge in [-0.15, -0.1) is 0 Å². The molecule has 0 aromatic carbocycles. The van der Waals surface area contributed by atoms with Crippen LogP contribution in [0, 0.1) is 24.7 Å². The lowest BCUT2D eigenvalue weighted by Gasteiger charge is -2.27. The maximum atomic E-state index is 12.4. The molecule has 0 aliphatic heterocycles. The maximum absolute atomic E-state index is 12.4. The van der Waals surface area contributed by atoms with E-state index in [2.05, 4.69) is 37.0 Å². The standard InChI is InChI=1S/C18H25NO/c1-3-13-11-16(13)18(20)15-9-7-14(8-10-15)17-6-4-5-12(2)19-17/h4-6,13-16H,3,7-11H2,1-2H3. The van der Waals surface area contributed by atoms with E-state index in [-0.39, 0.29) is 0 Å². The monoisotopic (exact) mass is 271 g/mol. The number of aryl methyl sites for hydroxylation is 1. The number of hydrogen-bond acceptors (Lipinski definition) is 2. The van der Waals surface area contributed by atoms with E-state index < -0.39 is 0 Å². The van der Waals surface area contributed by atoms with Crippen molar-refractivity contribution in [1.82, 2.24) is 4.98 Å². The minimum absolute atomic E-state index is 0.345. The molecule has 0 amide bonds. The first-order valence-corrected chi connectivity index (χ1v) is 8.16. The first-order valence-electron chi connectivity index (χ1n) is 8.16. The Labute approximate surface area is 122 Å². The SMILES string of the molecule is CCC1CC1C(=O)C1CCC(c2cccc(C)n2)CC1. The number of ketones is 1. The van der Waals surface area contributed by atoms with E-state index in [1.54, 1.807) is 0 Å². The van der Waals surface area contributed by atoms with Crippen molar-refractivity contribution >= 4 is 5.78 Å². The second-order valence-electron chi connectivity index (χ2n) is 6.67. The first kappa shape index (κ1) is 13.8. The predicted octanol–water partition coefficient (Wildman–Crippen LogP) is 4.28. The number of pyridine rings is 1. The molecule has 2 aliphatic rings. The highest BCUT2D eigenvalue weighted by Crippen LogP contribution is 2.46. The van der Waals surface area contributed by atoms with Gasteiger partial charge < -0.3 is 0 Å². The predicted molar refractivity (Wildman–Crippen MR) is 80.6 cm³/mol. The number of rotatable bonds is 4. The second kappa shape index (κ2) is 5.67. The number of hydrogen-bond donors (Lipinski definition) is 0. The van der Waals surface area contributed by atoms with Crippen LogP contribution < -0.4 is 0 Å². The van der Waals surface area contributed by atoms with Crippen molar-refractivity contribution in [2.75, 3.05) is 0 Å². The van der Waals surface area contributed by atoms with Crippen LogP contribution in [0.15, 0.2) is 18.2 Å². The summed E-state index contributed by atoms with van der Waals surface area (Å²) in [7, 11) is 0. The average Bonchev–Trinajstić information content (AvgIpc) is 3.26. The summed E-state index contributed by atoms with van der Waals surface area (Å²) < 4.78 is 0. The lowest BCUT2D eigenvalue weighted by molar-refractivity contribution is -0.125. The van der Waals surface area contributed by atoms with Crippen LogP contribution in [0.3, 0.4) is 0 Å². The molecule has 2 unspecified atom stereocenters. The largest absolute Gasteiger partial charge is 0.299 e. The number of nitrogens with zero attached hydrogens (tertiary/aromatic N) is 1. The molecule has 108 valence electrons. The second-order valence-corrected chi connectivity index (χ2v) is 6.67. The van der Waals surface area contributed by atoms with Crippen LogP contribution in [0.5, 0.6) is 0 Å². The Morgan fingerprint density at radius 2 is 2.00 bits per heavy atom. The Morgan fingerprint density at radius 1 is 1.25 bits per heavy atom. The van der Waals surface area contributed by atoms with E-state index in [1.165, 1.54) is 12.1 Å². The number of Topliss-reactive ketones (excluding diaryl/α,β-unsaturated/α-hetero) is 1. The lowest BCUT2D eigenvalue weighted by Crippen LogP contribution is -2.23. The number of aromatic nitrogens is 1. The van der Waals surface area contributed by atoms with Crippen LogP contribution in [-0.2, 0) is 4.79 Å². The molecule has 2 fully saturated rings. The van der Waals surface area contributed by atoms with Crippen LogP contribution in [0.1, 0.15) is 62.8 Å². The highest BCUT2D eigenvalue weighted by molar-refractivity contribution is 5.86. The highest BCUT2D eigenvalue weighted by Gasteiger charge is 2.44. The summed E-state index contributed by atoms with van der Waals surface area (Å²) >= 11 is 0. The van der Waals surface area contributed by atoms with Crippen LogP contribution in [0.4, 0.5) is 0 Å². The van der Waals surface area contributed by atoms with E-state index >= 15 is 0 Å². The van der Waals surface area contributed by atoms with Gasteiger partial charge in [0.25, 0.3) is 0 Å². The molecule has 2 atom stereocenters. The van der Waals surface area contributed by atoms with Gasteiger partial charge in [0.2, 0.25) is 0 Å². The van der Waals surface area contributed by atoms with Gasteiger partial charge in [0, 0.05) is 29.1 Å². The van der Waals surface area contributed by atoms with Crippen LogP contribution in [0.25, 0.3) is 0 Å². The van der Waals surface area contributed by atoms with Gasteiger partial charge in [-0.25, -0.2) is 0 Å². The topological polar surface area (TPSA) is 30.0 Å². The van der Waals surface area contributed by atoms with Crippen molar-refractivity contribution in [3.63, 3.8) is 0 Å². The van der Waals surface area contributed by atoms with E-state index in [0.717, 1.165) is 37.8 Å². The Morgan fingerprint density at radius 3 is 2.60 bits per heavy atom. The van der Waals surface area contributed by atoms with Gasteiger partial charge in [-0.2, -0.15) is 0 Å². The van der Waals surface area contributed by atoms with Crippen molar-refractivity contribution < 1.29 is 4.79 Å². The molecule has 0 radical (unpaired) electrons. The molecule has 1 heterocycles. The third-order valence-corrected chi connectivity index (χ3v) is 5.27. The summed E-state index contributed by atoms with van der Waals surface area (Å²) in [6.07, 6.45) is 6.76. The molecule has 0 saturated heterocycles. The third kappa shape index (κ3) is 2.79. The summed E-state index contributed by atoms with van der Waals surface area (Å²) in [5, 5.41) is 0. The zero-order valence-electron chi connectivity index (χ0n) is 12.6. The molecule has 0 bridgehead atoms. The fraction of sp³-hybridized carbons (Fsp3) is 0.667. The summed E-state index contributed by atoms with van der Waals surface area (Å²) in [5.74, 6) is 2.61. The molecule has 1 aromatic rings. The highest BCUT2D eigenvalue weighted by atomic mass is 16.1. The molecule has 3 rings (SSSR count). The number of carbonyl (C=O) groups is 1. The zero-order chi connectivity index (χ0) is 14.1. The normalized spacial score (nSPS) is 32.9. The van der Waals surface area contributed by atoms with Gasteiger partial charge in [0.05, 0.1) is 0 Å². The van der Waals surface area contributed by atoms with Crippen LogP contribution in [-0.4, -0.2) is 10.8 Å². The van der Waals surface area contributed by atoms with E-state index in [4.69, 9.17) is 0 Å². The van der Waals surface area contributed by atoms with Crippen molar-refractivity contribution in [3.8, 4) is 0 Å². The molecule has 1 aromatic heterocycles. The summed E-state index contributed by atoms with van der Waals surface area (Å²) in [4.78, 5) is 17.1. The third-order valence-electron chi connectivity index (χ3n) is 5.27. The fourth-order valence-corrected chi connectivity index (χ4v) is 3.82. The molecule has 2 nitrogen and oxygen atoms in total. The Hall–Kier alpha value is -1.18. The number of carbonyl (C=O) groups excluding carboxylic acids is 1. The molecular formula is C18H25NO. The van der Waals surface area contributed by atoms with Gasteiger partial charge >= 0.3 is 0 Å². The van der Waals surface area contributed by atoms with Crippen molar-refractivity contribution in [1.29, 1.82) is 0 Å². The average molecular weight is 271 g/mol. The first-order chi connectivity index (χ1) is 9.69. The van der Waals surface area contributed by atoms with Crippen molar-refractivity contribution in [2.45, 2.75) is 58.3 Å². The minimum atomic E-state index is 0.345. The van der Waals surface area contributed by atoms with Crippen LogP contribution >= 0.6 is 0 Å². The molecule has 0 N–H and O–H groups in total. The maximum Gasteiger partial charge on any atom is 0.139 e. The van der Waals surface area contributed by atoms with E-state index in [0.29, 0.717) is 29.5 Å². The van der Waals surface area contributed by atoms with Crippen LogP contribution in [0.2, 0.25) is 0 Å². The Bertz CT molecular complexity index is 488. The molecule has 0 spiro atoms. The molecule has 2 aliphatic carbocycles. The molecule has 2 saturated carbocycles. The molecular weight excluding hydrogens is 246 g/mol. The molecule has 2 heteroatoms. The van der Waals surface area contributed by atoms with Crippen molar-refractivity contribution in [2.24, 2.45) is 17.8 Å². The Balaban J connectivity index is 1.56. The van der Waals surface area contributed by atoms with Gasteiger partial charge in [-0.1, -0.05) is 19.4 Å². The van der Waals surface area contributed by atoms with E-state index in [1.807, 2.05) is 0 Å². The van der Waals surface area contributed by atoms with Gasteiger partial charge in [0.15, 0.2) is 0 Å². The summed E-state index contributed by atoms with van der Waals surface area (Å²) in [6, 6.07) is 6.30. The van der Waals surface area contributed by atoms with E-state index in [9.17, 15) is 4.79 Å². The fourth-order valence-electron chi connectivity index (χ4n) is 3.82. The van der Waals surface area contributed by atoms with Gasteiger partial charge in [0.1, 0.15) is 5.78 Å². The lowest BCUT2D eigenvalue weighted by atomic mass is 9.77.